The molecule has 2 fully saturated rings. The average Bonchev–Trinajstić information content (AvgIpc) is 2.76. The summed E-state index contributed by atoms with van der Waals surface area (Å²) in [5.41, 5.74) is 1.16. The summed E-state index contributed by atoms with van der Waals surface area (Å²) in [7, 11) is 0. The van der Waals surface area contributed by atoms with Gasteiger partial charge in [-0.15, -0.1) is 0 Å². The van der Waals surface area contributed by atoms with Gasteiger partial charge in [-0.2, -0.15) is 0 Å². The summed E-state index contributed by atoms with van der Waals surface area (Å²) in [6, 6.07) is 9.47. The molecule has 0 unspecified atom stereocenters. The Balaban J connectivity index is 1.60. The predicted octanol–water partition coefficient (Wildman–Crippen LogP) is 1.49. The van der Waals surface area contributed by atoms with Crippen LogP contribution in [0.25, 0.3) is 0 Å². The number of para-hydroxylation sites is 1. The molecule has 0 aliphatic carbocycles. The molecule has 2 heterocycles. The van der Waals surface area contributed by atoms with Crippen LogP contribution in [0.1, 0.15) is 33.1 Å². The van der Waals surface area contributed by atoms with Crippen LogP contribution in [0.4, 0.5) is 5.69 Å². The highest BCUT2D eigenvalue weighted by molar-refractivity contribution is 5.93. The molecule has 0 bridgehead atoms. The van der Waals surface area contributed by atoms with Crippen molar-refractivity contribution in [2.75, 3.05) is 44.2 Å². The van der Waals surface area contributed by atoms with Crippen LogP contribution in [-0.4, -0.2) is 72.8 Å². The molecule has 2 saturated heterocycles. The van der Waals surface area contributed by atoms with Crippen molar-refractivity contribution < 1.29 is 14.4 Å². The molecule has 7 heteroatoms. The molecule has 158 valence electrons. The molecule has 1 atom stereocenters. The third-order valence-corrected chi connectivity index (χ3v) is 6.07. The van der Waals surface area contributed by atoms with Crippen LogP contribution >= 0.6 is 0 Å². The number of carbonyl (C=O) groups excluding carboxylic acids is 3. The van der Waals surface area contributed by atoms with E-state index in [4.69, 9.17) is 0 Å². The van der Waals surface area contributed by atoms with Gasteiger partial charge < -0.3 is 20.0 Å². The summed E-state index contributed by atoms with van der Waals surface area (Å²) in [6.07, 6.45) is 1.55. The van der Waals surface area contributed by atoms with Crippen molar-refractivity contribution in [1.82, 2.24) is 15.1 Å². The van der Waals surface area contributed by atoms with Gasteiger partial charge in [-0.1, -0.05) is 32.0 Å². The van der Waals surface area contributed by atoms with E-state index in [0.29, 0.717) is 26.2 Å². The first-order valence-electron chi connectivity index (χ1n) is 10.7. The Morgan fingerprint density at radius 1 is 1.03 bits per heavy atom. The van der Waals surface area contributed by atoms with E-state index in [1.54, 1.807) is 4.90 Å². The fourth-order valence-corrected chi connectivity index (χ4v) is 4.20. The van der Waals surface area contributed by atoms with Gasteiger partial charge >= 0.3 is 0 Å². The normalized spacial score (nSPS) is 20.0. The quantitative estimate of drug-likeness (QED) is 0.785. The second kappa shape index (κ2) is 9.76. The Bertz CT molecular complexity index is 712. The van der Waals surface area contributed by atoms with Gasteiger partial charge in [0.05, 0.1) is 6.42 Å². The molecule has 29 heavy (non-hydrogen) atoms. The largest absolute Gasteiger partial charge is 0.368 e. The first-order valence-corrected chi connectivity index (χ1v) is 10.7. The summed E-state index contributed by atoms with van der Waals surface area (Å²) < 4.78 is 0. The Morgan fingerprint density at radius 3 is 2.31 bits per heavy atom. The molecule has 1 N–H and O–H groups in total. The topological polar surface area (TPSA) is 73.0 Å². The van der Waals surface area contributed by atoms with Crippen LogP contribution in [0.3, 0.4) is 0 Å². The third kappa shape index (κ3) is 4.89. The maximum absolute atomic E-state index is 12.9. The van der Waals surface area contributed by atoms with Gasteiger partial charge in [0.15, 0.2) is 0 Å². The van der Waals surface area contributed by atoms with Crippen molar-refractivity contribution in [3.63, 3.8) is 0 Å². The standard InChI is InChI=1S/C22H32N4O3/c1-3-17(4-2)22(29)26-11-10-23-21(28)19(26)16-20(27)25-14-12-24(13-15-25)18-8-6-5-7-9-18/h5-9,17,19H,3-4,10-16H2,1-2H3,(H,23,28)/t19-/m1/s1. The molecule has 0 spiro atoms. The van der Waals surface area contributed by atoms with Gasteiger partial charge in [-0.3, -0.25) is 14.4 Å². The number of nitrogens with zero attached hydrogens (tertiary/aromatic N) is 3. The molecule has 2 aliphatic heterocycles. The zero-order valence-corrected chi connectivity index (χ0v) is 17.5. The maximum atomic E-state index is 12.9. The molecule has 3 amide bonds. The Labute approximate surface area is 173 Å². The van der Waals surface area contributed by atoms with Crippen molar-refractivity contribution in [3.8, 4) is 0 Å². The summed E-state index contributed by atoms with van der Waals surface area (Å²) in [4.78, 5) is 44.0. The lowest BCUT2D eigenvalue weighted by Gasteiger charge is -2.39. The monoisotopic (exact) mass is 400 g/mol. The summed E-state index contributed by atoms with van der Waals surface area (Å²) >= 11 is 0. The van der Waals surface area contributed by atoms with E-state index in [-0.39, 0.29) is 30.1 Å². The molecule has 0 radical (unpaired) electrons. The van der Waals surface area contributed by atoms with Crippen LogP contribution in [-0.2, 0) is 14.4 Å². The van der Waals surface area contributed by atoms with E-state index in [1.165, 1.54) is 0 Å². The van der Waals surface area contributed by atoms with Crippen LogP contribution in [0.15, 0.2) is 30.3 Å². The van der Waals surface area contributed by atoms with Gasteiger partial charge in [-0.05, 0) is 25.0 Å². The number of hydrogen-bond donors (Lipinski definition) is 1. The van der Waals surface area contributed by atoms with E-state index in [1.807, 2.05) is 36.9 Å². The third-order valence-electron chi connectivity index (χ3n) is 6.07. The number of rotatable bonds is 6. The van der Waals surface area contributed by atoms with Gasteiger partial charge in [0.2, 0.25) is 17.7 Å². The molecule has 1 aromatic carbocycles. The fraction of sp³-hybridized carbons (Fsp3) is 0.591. The fourth-order valence-electron chi connectivity index (χ4n) is 4.20. The lowest BCUT2D eigenvalue weighted by Crippen LogP contribution is -2.60. The van der Waals surface area contributed by atoms with Crippen molar-refractivity contribution in [2.24, 2.45) is 5.92 Å². The predicted molar refractivity (Wildman–Crippen MR) is 112 cm³/mol. The molecule has 3 rings (SSSR count). The van der Waals surface area contributed by atoms with Crippen molar-refractivity contribution in [1.29, 1.82) is 0 Å². The summed E-state index contributed by atoms with van der Waals surface area (Å²) in [5, 5.41) is 2.82. The average molecular weight is 401 g/mol. The van der Waals surface area contributed by atoms with Crippen LogP contribution < -0.4 is 10.2 Å². The van der Waals surface area contributed by atoms with Gasteiger partial charge in [0.1, 0.15) is 6.04 Å². The Morgan fingerprint density at radius 2 is 1.69 bits per heavy atom. The molecular formula is C22H32N4O3. The number of benzene rings is 1. The second-order valence-electron chi connectivity index (χ2n) is 7.76. The van der Waals surface area contributed by atoms with Gasteiger partial charge in [0.25, 0.3) is 0 Å². The maximum Gasteiger partial charge on any atom is 0.243 e. The highest BCUT2D eigenvalue weighted by Gasteiger charge is 2.37. The highest BCUT2D eigenvalue weighted by Crippen LogP contribution is 2.20. The number of hydrogen-bond acceptors (Lipinski definition) is 4. The summed E-state index contributed by atoms with van der Waals surface area (Å²) in [5.74, 6) is -0.363. The number of nitrogens with one attached hydrogen (secondary N) is 1. The number of piperazine rings is 2. The first-order chi connectivity index (χ1) is 14.0. The lowest BCUT2D eigenvalue weighted by atomic mass is 9.98. The van der Waals surface area contributed by atoms with E-state index in [2.05, 4.69) is 22.3 Å². The number of carbonyl (C=O) groups is 3. The molecule has 7 nitrogen and oxygen atoms in total. The van der Waals surface area contributed by atoms with E-state index in [9.17, 15) is 14.4 Å². The number of amides is 3. The van der Waals surface area contributed by atoms with Gasteiger partial charge in [-0.25, -0.2) is 0 Å². The van der Waals surface area contributed by atoms with Crippen LogP contribution in [0.5, 0.6) is 0 Å². The minimum absolute atomic E-state index is 0.00320. The highest BCUT2D eigenvalue weighted by atomic mass is 16.2. The molecule has 1 aromatic rings. The summed E-state index contributed by atoms with van der Waals surface area (Å²) in [6.45, 7) is 7.69. The first kappa shape index (κ1) is 21.1. The molecular weight excluding hydrogens is 368 g/mol. The van der Waals surface area contributed by atoms with Crippen LogP contribution in [0, 0.1) is 5.92 Å². The van der Waals surface area contributed by atoms with Crippen molar-refractivity contribution in [2.45, 2.75) is 39.2 Å². The van der Waals surface area contributed by atoms with E-state index < -0.39 is 6.04 Å². The lowest BCUT2D eigenvalue weighted by molar-refractivity contribution is -0.149. The molecule has 0 aromatic heterocycles. The van der Waals surface area contributed by atoms with E-state index >= 15 is 0 Å². The number of anilines is 1. The second-order valence-corrected chi connectivity index (χ2v) is 7.76. The van der Waals surface area contributed by atoms with Crippen molar-refractivity contribution in [3.05, 3.63) is 30.3 Å². The molecule has 2 aliphatic rings. The zero-order chi connectivity index (χ0) is 20.8. The SMILES string of the molecule is CCC(CC)C(=O)N1CCNC(=O)[C@H]1CC(=O)N1CCN(c2ccccc2)CC1. The smallest absolute Gasteiger partial charge is 0.243 e. The molecule has 0 saturated carbocycles. The van der Waals surface area contributed by atoms with E-state index in [0.717, 1.165) is 31.6 Å². The zero-order valence-electron chi connectivity index (χ0n) is 17.5. The van der Waals surface area contributed by atoms with Gasteiger partial charge in [0, 0.05) is 50.9 Å². The van der Waals surface area contributed by atoms with Crippen molar-refractivity contribution >= 4 is 23.4 Å². The Hall–Kier alpha value is -2.57. The minimum atomic E-state index is -0.698. The Kier molecular flexibility index (Phi) is 7.12. The minimum Gasteiger partial charge on any atom is -0.368 e. The van der Waals surface area contributed by atoms with Crippen LogP contribution in [0.2, 0.25) is 0 Å².